The zero-order valence-electron chi connectivity index (χ0n) is 21.9. The molecule has 0 aliphatic carbocycles. The first kappa shape index (κ1) is 26.0. The molecule has 39 heavy (non-hydrogen) atoms. The number of H-pyrrole nitrogens is 1. The molecule has 2 aromatic carbocycles. The van der Waals surface area contributed by atoms with E-state index in [-0.39, 0.29) is 11.8 Å². The lowest BCUT2D eigenvalue weighted by Crippen LogP contribution is -2.39. The summed E-state index contributed by atoms with van der Waals surface area (Å²) < 4.78 is 5.93. The fraction of sp³-hybridized carbons (Fsp3) is 0.310. The van der Waals surface area contributed by atoms with Gasteiger partial charge < -0.3 is 31.0 Å². The molecule has 0 unspecified atom stereocenters. The molecule has 0 bridgehead atoms. The molecule has 1 aliphatic heterocycles. The third-order valence-electron chi connectivity index (χ3n) is 6.84. The summed E-state index contributed by atoms with van der Waals surface area (Å²) in [6.07, 6.45) is 1.71. The van der Waals surface area contributed by atoms with E-state index in [1.54, 1.807) is 6.07 Å². The normalized spacial score (nSPS) is 13.8. The van der Waals surface area contributed by atoms with Crippen molar-refractivity contribution >= 4 is 34.4 Å². The number of rotatable bonds is 9. The highest BCUT2D eigenvalue weighted by atomic mass is 16.5. The van der Waals surface area contributed by atoms with Crippen LogP contribution >= 0.6 is 0 Å². The molecule has 0 spiro atoms. The van der Waals surface area contributed by atoms with Gasteiger partial charge in [0, 0.05) is 38.7 Å². The van der Waals surface area contributed by atoms with Gasteiger partial charge in [0.2, 0.25) is 5.91 Å². The minimum atomic E-state index is -0.0938. The molecular weight excluding hydrogens is 494 g/mol. The molecule has 1 aliphatic rings. The fourth-order valence-corrected chi connectivity index (χ4v) is 4.69. The van der Waals surface area contributed by atoms with Gasteiger partial charge in [-0.3, -0.25) is 9.59 Å². The van der Waals surface area contributed by atoms with Crippen LogP contribution in [0, 0.1) is 5.92 Å². The summed E-state index contributed by atoms with van der Waals surface area (Å²) in [6, 6.07) is 19.0. The predicted molar refractivity (Wildman–Crippen MR) is 151 cm³/mol. The van der Waals surface area contributed by atoms with E-state index in [1.165, 1.54) is 6.92 Å². The summed E-state index contributed by atoms with van der Waals surface area (Å²) in [6.45, 7) is 4.29. The van der Waals surface area contributed by atoms with Crippen LogP contribution in [-0.2, 0) is 4.79 Å². The van der Waals surface area contributed by atoms with Gasteiger partial charge in [-0.2, -0.15) is 0 Å². The van der Waals surface area contributed by atoms with Gasteiger partial charge in [0.25, 0.3) is 5.91 Å². The average Bonchev–Trinajstić information content (AvgIpc) is 3.40. The maximum atomic E-state index is 13.4. The van der Waals surface area contributed by atoms with Crippen molar-refractivity contribution in [3.63, 3.8) is 0 Å². The van der Waals surface area contributed by atoms with E-state index in [1.807, 2.05) is 59.5 Å². The maximum absolute atomic E-state index is 13.4. The number of carbonyl (C=O) groups is 2. The minimum absolute atomic E-state index is 0.0647. The van der Waals surface area contributed by atoms with Crippen molar-refractivity contribution in [1.29, 1.82) is 0 Å². The molecule has 2 amide bonds. The number of hydrogen-bond acceptors (Lipinski definition) is 7. The standard InChI is InChI=1S/C29H33N7O3/c1-19(37)31-13-14-32-27-22-17-24(33-28(22)35-26(34-27)21-7-3-2-4-8-21)29(38)36-15-11-20(12-16-36)18-39-25-10-6-5-9-23(25)30/h2-10,17,20H,11-16,18,30H2,1H3,(H,31,37)(H2,32,33,34,35). The number of amides is 2. The van der Waals surface area contributed by atoms with Crippen molar-refractivity contribution in [2.75, 3.05) is 43.8 Å². The van der Waals surface area contributed by atoms with Crippen molar-refractivity contribution in [1.82, 2.24) is 25.2 Å². The lowest BCUT2D eigenvalue weighted by molar-refractivity contribution is -0.118. The van der Waals surface area contributed by atoms with E-state index in [2.05, 4.69) is 15.6 Å². The number of aromatic amines is 1. The Morgan fingerprint density at radius 1 is 1.05 bits per heavy atom. The summed E-state index contributed by atoms with van der Waals surface area (Å²) >= 11 is 0. The summed E-state index contributed by atoms with van der Waals surface area (Å²) in [5, 5.41) is 6.79. The first-order valence-electron chi connectivity index (χ1n) is 13.2. The third kappa shape index (κ3) is 6.28. The number of ether oxygens (including phenoxy) is 1. The van der Waals surface area contributed by atoms with Crippen LogP contribution in [0.25, 0.3) is 22.4 Å². The predicted octanol–water partition coefficient (Wildman–Crippen LogP) is 3.69. The second-order valence-corrected chi connectivity index (χ2v) is 9.70. The Hall–Kier alpha value is -4.60. The number of carbonyl (C=O) groups excluding carboxylic acids is 2. The average molecular weight is 528 g/mol. The van der Waals surface area contributed by atoms with Gasteiger partial charge in [0.05, 0.1) is 17.7 Å². The molecular formula is C29H33N7O3. The van der Waals surface area contributed by atoms with Crippen molar-refractivity contribution in [2.24, 2.45) is 5.92 Å². The highest BCUT2D eigenvalue weighted by Gasteiger charge is 2.26. The molecule has 0 atom stereocenters. The zero-order chi connectivity index (χ0) is 27.2. The van der Waals surface area contributed by atoms with E-state index in [4.69, 9.17) is 20.4 Å². The van der Waals surface area contributed by atoms with E-state index in [9.17, 15) is 9.59 Å². The number of hydrogen-bond donors (Lipinski definition) is 4. The van der Waals surface area contributed by atoms with Crippen LogP contribution in [0.4, 0.5) is 11.5 Å². The molecule has 0 radical (unpaired) electrons. The molecule has 202 valence electrons. The first-order chi connectivity index (χ1) is 19.0. The summed E-state index contributed by atoms with van der Waals surface area (Å²) in [4.78, 5) is 39.2. The lowest BCUT2D eigenvalue weighted by atomic mass is 9.97. The second kappa shape index (κ2) is 11.8. The van der Waals surface area contributed by atoms with E-state index >= 15 is 0 Å². The molecule has 1 fully saturated rings. The second-order valence-electron chi connectivity index (χ2n) is 9.70. The largest absolute Gasteiger partial charge is 0.491 e. The molecule has 0 saturated carbocycles. The van der Waals surface area contributed by atoms with Crippen LogP contribution in [0.5, 0.6) is 5.75 Å². The molecule has 4 aromatic rings. The van der Waals surface area contributed by atoms with Crippen LogP contribution < -0.4 is 21.1 Å². The number of piperidine rings is 1. The summed E-state index contributed by atoms with van der Waals surface area (Å²) in [5.74, 6) is 2.05. The van der Waals surface area contributed by atoms with E-state index in [0.717, 1.165) is 23.8 Å². The minimum Gasteiger partial charge on any atom is -0.491 e. The number of likely N-dealkylation sites (tertiary alicyclic amines) is 1. The van der Waals surface area contributed by atoms with Gasteiger partial charge >= 0.3 is 0 Å². The van der Waals surface area contributed by atoms with Gasteiger partial charge in [-0.05, 0) is 37.0 Å². The fourth-order valence-electron chi connectivity index (χ4n) is 4.69. The molecule has 1 saturated heterocycles. The first-order valence-corrected chi connectivity index (χ1v) is 13.2. The number of nitrogens with one attached hydrogen (secondary N) is 3. The lowest BCUT2D eigenvalue weighted by Gasteiger charge is -2.31. The molecule has 10 heteroatoms. The quantitative estimate of drug-likeness (QED) is 0.192. The Bertz CT molecular complexity index is 1450. The number of benzene rings is 2. The SMILES string of the molecule is CC(=O)NCCNc1nc(-c2ccccc2)nc2[nH]c(C(=O)N3CCC(COc4ccccc4N)CC3)cc12. The number of anilines is 2. The summed E-state index contributed by atoms with van der Waals surface area (Å²) in [7, 11) is 0. The smallest absolute Gasteiger partial charge is 0.270 e. The van der Waals surface area contributed by atoms with Crippen molar-refractivity contribution in [3.05, 3.63) is 66.4 Å². The van der Waals surface area contributed by atoms with Crippen molar-refractivity contribution in [3.8, 4) is 17.1 Å². The third-order valence-corrected chi connectivity index (χ3v) is 6.84. The summed E-state index contributed by atoms with van der Waals surface area (Å²) in [5.41, 5.74) is 8.54. The number of nitrogens with zero attached hydrogens (tertiary/aromatic N) is 3. The Morgan fingerprint density at radius 2 is 1.79 bits per heavy atom. The number of aromatic nitrogens is 3. The maximum Gasteiger partial charge on any atom is 0.270 e. The van der Waals surface area contributed by atoms with Crippen LogP contribution in [-0.4, -0.2) is 64.5 Å². The van der Waals surface area contributed by atoms with Gasteiger partial charge in [-0.15, -0.1) is 0 Å². The van der Waals surface area contributed by atoms with Crippen molar-refractivity contribution < 1.29 is 14.3 Å². The van der Waals surface area contributed by atoms with Gasteiger partial charge in [-0.1, -0.05) is 42.5 Å². The molecule has 3 heterocycles. The van der Waals surface area contributed by atoms with Crippen molar-refractivity contribution in [2.45, 2.75) is 19.8 Å². The van der Waals surface area contributed by atoms with Crippen LogP contribution in [0.15, 0.2) is 60.7 Å². The van der Waals surface area contributed by atoms with Crippen LogP contribution in [0.3, 0.4) is 0 Å². The van der Waals surface area contributed by atoms with E-state index < -0.39 is 0 Å². The molecule has 5 N–H and O–H groups in total. The van der Waals surface area contributed by atoms with Gasteiger partial charge in [-0.25, -0.2) is 9.97 Å². The Balaban J connectivity index is 1.29. The number of para-hydroxylation sites is 2. The molecule has 10 nitrogen and oxygen atoms in total. The Labute approximate surface area is 227 Å². The zero-order valence-corrected chi connectivity index (χ0v) is 21.9. The van der Waals surface area contributed by atoms with E-state index in [0.29, 0.717) is 73.1 Å². The highest BCUT2D eigenvalue weighted by Crippen LogP contribution is 2.28. The van der Waals surface area contributed by atoms with Crippen LogP contribution in [0.2, 0.25) is 0 Å². The van der Waals surface area contributed by atoms with Crippen LogP contribution in [0.1, 0.15) is 30.3 Å². The number of nitrogens with two attached hydrogens (primary N) is 1. The monoisotopic (exact) mass is 527 g/mol. The topological polar surface area (TPSA) is 138 Å². The molecule has 5 rings (SSSR count). The Kier molecular flexibility index (Phi) is 7.91. The number of fused-ring (bicyclic) bond motifs is 1. The Morgan fingerprint density at radius 3 is 2.54 bits per heavy atom. The van der Waals surface area contributed by atoms with Gasteiger partial charge in [0.15, 0.2) is 5.82 Å². The highest BCUT2D eigenvalue weighted by molar-refractivity contribution is 6.00. The number of nitrogen functional groups attached to an aromatic ring is 1. The molecule has 2 aromatic heterocycles. The van der Waals surface area contributed by atoms with Gasteiger partial charge in [0.1, 0.15) is 22.9 Å².